The molecule has 0 atom stereocenters. The SMILES string of the molecule is Cc1csc(Sc2cc(C(=O)O)ccc2[N+](=O)[O-])n1. The van der Waals surface area contributed by atoms with E-state index in [0.29, 0.717) is 4.34 Å². The van der Waals surface area contributed by atoms with Gasteiger partial charge in [-0.1, -0.05) is 11.8 Å². The van der Waals surface area contributed by atoms with Crippen molar-refractivity contribution in [2.24, 2.45) is 0 Å². The number of thiazole rings is 1. The summed E-state index contributed by atoms with van der Waals surface area (Å²) in [5, 5.41) is 21.7. The van der Waals surface area contributed by atoms with E-state index >= 15 is 0 Å². The summed E-state index contributed by atoms with van der Waals surface area (Å²) in [6.45, 7) is 1.82. The van der Waals surface area contributed by atoms with Gasteiger partial charge in [-0.2, -0.15) is 0 Å². The summed E-state index contributed by atoms with van der Waals surface area (Å²) in [6, 6.07) is 3.71. The monoisotopic (exact) mass is 296 g/mol. The van der Waals surface area contributed by atoms with Gasteiger partial charge in [-0.25, -0.2) is 9.78 Å². The van der Waals surface area contributed by atoms with Crippen LogP contribution in [-0.4, -0.2) is 21.0 Å². The lowest BCUT2D eigenvalue weighted by Gasteiger charge is -2.02. The summed E-state index contributed by atoms with van der Waals surface area (Å²) < 4.78 is 0.642. The van der Waals surface area contributed by atoms with Gasteiger partial charge in [-0.3, -0.25) is 10.1 Å². The van der Waals surface area contributed by atoms with Crippen LogP contribution in [0.2, 0.25) is 0 Å². The molecule has 1 aromatic heterocycles. The molecule has 0 amide bonds. The van der Waals surface area contributed by atoms with Gasteiger partial charge in [0.1, 0.15) is 0 Å². The summed E-state index contributed by atoms with van der Waals surface area (Å²) in [5.41, 5.74) is 0.716. The van der Waals surface area contributed by atoms with E-state index in [0.717, 1.165) is 17.5 Å². The second kappa shape index (κ2) is 5.37. The number of carboxylic acids is 1. The average Bonchev–Trinajstić information content (AvgIpc) is 2.74. The van der Waals surface area contributed by atoms with Crippen molar-refractivity contribution in [2.45, 2.75) is 16.2 Å². The van der Waals surface area contributed by atoms with Crippen molar-refractivity contribution in [1.29, 1.82) is 0 Å². The minimum Gasteiger partial charge on any atom is -0.478 e. The minimum absolute atomic E-state index is 0.0152. The predicted molar refractivity (Wildman–Crippen MR) is 71.0 cm³/mol. The van der Waals surface area contributed by atoms with Crippen LogP contribution in [0.5, 0.6) is 0 Å². The van der Waals surface area contributed by atoms with Gasteiger partial charge in [-0.05, 0) is 19.1 Å². The Morgan fingerprint density at radius 1 is 1.53 bits per heavy atom. The molecule has 0 unspecified atom stereocenters. The molecule has 19 heavy (non-hydrogen) atoms. The van der Waals surface area contributed by atoms with Gasteiger partial charge in [0.15, 0.2) is 4.34 Å². The number of carboxylic acid groups (broad SMARTS) is 1. The van der Waals surface area contributed by atoms with E-state index in [1.54, 1.807) is 0 Å². The largest absolute Gasteiger partial charge is 0.478 e. The molecule has 8 heteroatoms. The highest BCUT2D eigenvalue weighted by molar-refractivity contribution is 8.01. The number of nitro benzene ring substituents is 1. The fourth-order valence-electron chi connectivity index (χ4n) is 1.35. The standard InChI is InChI=1S/C11H8N2O4S2/c1-6-5-18-11(12-6)19-9-4-7(10(14)15)2-3-8(9)13(16)17/h2-5H,1H3,(H,14,15). The molecule has 0 saturated heterocycles. The second-order valence-corrected chi connectivity index (χ2v) is 5.75. The van der Waals surface area contributed by atoms with Crippen molar-refractivity contribution >= 4 is 34.8 Å². The molecule has 0 aliphatic carbocycles. The molecule has 0 aliphatic rings. The molecule has 1 heterocycles. The molecule has 1 aromatic carbocycles. The van der Waals surface area contributed by atoms with Crippen molar-refractivity contribution in [2.75, 3.05) is 0 Å². The zero-order valence-electron chi connectivity index (χ0n) is 9.69. The van der Waals surface area contributed by atoms with Crippen molar-refractivity contribution in [1.82, 2.24) is 4.98 Å². The van der Waals surface area contributed by atoms with Crippen LogP contribution in [0.3, 0.4) is 0 Å². The molecule has 0 spiro atoms. The van der Waals surface area contributed by atoms with Crippen LogP contribution < -0.4 is 0 Å². The predicted octanol–water partition coefficient (Wildman–Crippen LogP) is 3.21. The van der Waals surface area contributed by atoms with Crippen LogP contribution in [-0.2, 0) is 0 Å². The van der Waals surface area contributed by atoms with E-state index in [-0.39, 0.29) is 16.1 Å². The van der Waals surface area contributed by atoms with E-state index in [9.17, 15) is 14.9 Å². The van der Waals surface area contributed by atoms with Gasteiger partial charge >= 0.3 is 5.97 Å². The van der Waals surface area contributed by atoms with Crippen molar-refractivity contribution < 1.29 is 14.8 Å². The van der Waals surface area contributed by atoms with Gasteiger partial charge in [0.2, 0.25) is 0 Å². The van der Waals surface area contributed by atoms with Crippen LogP contribution in [0.25, 0.3) is 0 Å². The van der Waals surface area contributed by atoms with Crippen LogP contribution in [0, 0.1) is 17.0 Å². The Morgan fingerprint density at radius 2 is 2.26 bits per heavy atom. The van der Waals surface area contributed by atoms with Gasteiger partial charge in [0, 0.05) is 17.1 Å². The molecule has 2 aromatic rings. The lowest BCUT2D eigenvalue weighted by molar-refractivity contribution is -0.387. The average molecular weight is 296 g/mol. The van der Waals surface area contributed by atoms with E-state index in [1.807, 2.05) is 12.3 Å². The fourth-order valence-corrected chi connectivity index (χ4v) is 3.29. The third-order valence-corrected chi connectivity index (χ3v) is 4.30. The molecule has 0 saturated carbocycles. The normalized spacial score (nSPS) is 10.4. The molecule has 0 aliphatic heterocycles. The number of aromatic nitrogens is 1. The Morgan fingerprint density at radius 3 is 2.79 bits per heavy atom. The summed E-state index contributed by atoms with van der Waals surface area (Å²) >= 11 is 2.46. The molecular formula is C11H8N2O4S2. The fraction of sp³-hybridized carbons (Fsp3) is 0.0909. The van der Waals surface area contributed by atoms with Gasteiger partial charge < -0.3 is 5.11 Å². The minimum atomic E-state index is -1.12. The third-order valence-electron chi connectivity index (χ3n) is 2.20. The molecule has 0 fully saturated rings. The highest BCUT2D eigenvalue weighted by Crippen LogP contribution is 2.36. The summed E-state index contributed by atoms with van der Waals surface area (Å²) in [7, 11) is 0. The zero-order valence-corrected chi connectivity index (χ0v) is 11.3. The molecule has 1 N–H and O–H groups in total. The first-order chi connectivity index (χ1) is 8.97. The van der Waals surface area contributed by atoms with Crippen LogP contribution >= 0.6 is 23.1 Å². The van der Waals surface area contributed by atoms with Crippen LogP contribution in [0.15, 0.2) is 32.8 Å². The Hall–Kier alpha value is -1.93. The highest BCUT2D eigenvalue weighted by Gasteiger charge is 2.18. The lowest BCUT2D eigenvalue weighted by Crippen LogP contribution is -1.98. The molecule has 6 nitrogen and oxygen atoms in total. The Labute approximate surface area is 116 Å². The number of carbonyl (C=O) groups is 1. The van der Waals surface area contributed by atoms with E-state index in [1.165, 1.54) is 29.5 Å². The third kappa shape index (κ3) is 3.09. The van der Waals surface area contributed by atoms with Crippen molar-refractivity contribution in [3.63, 3.8) is 0 Å². The highest BCUT2D eigenvalue weighted by atomic mass is 32.2. The van der Waals surface area contributed by atoms with E-state index in [2.05, 4.69) is 4.98 Å². The number of aryl methyl sites for hydroxylation is 1. The van der Waals surface area contributed by atoms with Gasteiger partial charge in [-0.15, -0.1) is 11.3 Å². The number of nitro groups is 1. The van der Waals surface area contributed by atoms with E-state index < -0.39 is 10.9 Å². The number of hydrogen-bond donors (Lipinski definition) is 1. The summed E-state index contributed by atoms with van der Waals surface area (Å²) in [4.78, 5) is 25.8. The van der Waals surface area contributed by atoms with Crippen molar-refractivity contribution in [3.05, 3.63) is 45.0 Å². The van der Waals surface area contributed by atoms with Gasteiger partial charge in [0.05, 0.1) is 15.4 Å². The van der Waals surface area contributed by atoms with Crippen LogP contribution in [0.1, 0.15) is 16.1 Å². The maximum atomic E-state index is 10.9. The molecular weight excluding hydrogens is 288 g/mol. The number of nitrogens with zero attached hydrogens (tertiary/aromatic N) is 2. The smallest absolute Gasteiger partial charge is 0.335 e. The Balaban J connectivity index is 2.42. The first-order valence-corrected chi connectivity index (χ1v) is 6.78. The van der Waals surface area contributed by atoms with Crippen LogP contribution in [0.4, 0.5) is 5.69 Å². The first kappa shape index (κ1) is 13.5. The molecule has 0 radical (unpaired) electrons. The number of rotatable bonds is 4. The number of hydrogen-bond acceptors (Lipinski definition) is 6. The first-order valence-electron chi connectivity index (χ1n) is 5.09. The number of aromatic carboxylic acids is 1. The summed E-state index contributed by atoms with van der Waals surface area (Å²) in [5.74, 6) is -1.12. The quantitative estimate of drug-likeness (QED) is 0.687. The Bertz CT molecular complexity index is 654. The molecule has 2 rings (SSSR count). The topological polar surface area (TPSA) is 93.3 Å². The summed E-state index contributed by atoms with van der Waals surface area (Å²) in [6.07, 6.45) is 0. The van der Waals surface area contributed by atoms with E-state index in [4.69, 9.17) is 5.11 Å². The zero-order chi connectivity index (χ0) is 14.0. The maximum Gasteiger partial charge on any atom is 0.335 e. The number of benzene rings is 1. The molecule has 98 valence electrons. The van der Waals surface area contributed by atoms with Crippen molar-refractivity contribution in [3.8, 4) is 0 Å². The molecule has 0 bridgehead atoms. The maximum absolute atomic E-state index is 10.9. The lowest BCUT2D eigenvalue weighted by atomic mass is 10.2. The second-order valence-electron chi connectivity index (χ2n) is 3.60. The van der Waals surface area contributed by atoms with Gasteiger partial charge in [0.25, 0.3) is 5.69 Å². The Kier molecular flexibility index (Phi) is 3.82.